The molecule has 1 aliphatic heterocycles. The summed E-state index contributed by atoms with van der Waals surface area (Å²) in [6.45, 7) is 5.15. The monoisotopic (exact) mass is 310 g/mol. The molecule has 0 saturated carbocycles. The first-order chi connectivity index (χ1) is 11.3. The highest BCUT2D eigenvalue weighted by Crippen LogP contribution is 2.20. The smallest absolute Gasteiger partial charge is 0.271 e. The molecule has 0 radical (unpaired) electrons. The first-order valence-electron chi connectivity index (χ1n) is 8.11. The van der Waals surface area contributed by atoms with Gasteiger partial charge in [-0.2, -0.15) is 5.10 Å². The Morgan fingerprint density at radius 2 is 1.96 bits per heavy atom. The molecule has 1 aromatic heterocycles. The van der Waals surface area contributed by atoms with Gasteiger partial charge in [0.1, 0.15) is 0 Å². The zero-order valence-electron chi connectivity index (χ0n) is 13.4. The van der Waals surface area contributed by atoms with Crippen molar-refractivity contribution in [3.63, 3.8) is 0 Å². The zero-order chi connectivity index (χ0) is 16.1. The molecule has 3 rings (SSSR count). The van der Waals surface area contributed by atoms with Crippen LogP contribution in [0.2, 0.25) is 0 Å². The van der Waals surface area contributed by atoms with E-state index in [4.69, 9.17) is 0 Å². The fourth-order valence-electron chi connectivity index (χ4n) is 2.85. The lowest BCUT2D eigenvalue weighted by atomic mass is 10.2. The minimum Gasteiger partial charge on any atom is -0.372 e. The minimum absolute atomic E-state index is 0.191. The highest BCUT2D eigenvalue weighted by Gasteiger charge is 2.12. The Morgan fingerprint density at radius 1 is 1.22 bits per heavy atom. The van der Waals surface area contributed by atoms with Gasteiger partial charge in [0.25, 0.3) is 5.91 Å². The van der Waals surface area contributed by atoms with Gasteiger partial charge in [-0.25, -0.2) is 5.43 Å². The van der Waals surface area contributed by atoms with Crippen LogP contribution in [0.3, 0.4) is 0 Å². The van der Waals surface area contributed by atoms with Crippen molar-refractivity contribution >= 4 is 17.8 Å². The number of hydrazone groups is 1. The van der Waals surface area contributed by atoms with E-state index in [1.165, 1.54) is 18.5 Å². The van der Waals surface area contributed by atoms with E-state index in [1.807, 2.05) is 42.6 Å². The van der Waals surface area contributed by atoms with Crippen molar-refractivity contribution in [1.82, 2.24) is 9.99 Å². The van der Waals surface area contributed by atoms with Crippen LogP contribution in [0.1, 0.15) is 35.8 Å². The quantitative estimate of drug-likeness (QED) is 0.682. The topological polar surface area (TPSA) is 49.6 Å². The van der Waals surface area contributed by atoms with E-state index in [0.29, 0.717) is 5.56 Å². The van der Waals surface area contributed by atoms with E-state index < -0.39 is 0 Å². The predicted molar refractivity (Wildman–Crippen MR) is 93.1 cm³/mol. The maximum absolute atomic E-state index is 12.1. The van der Waals surface area contributed by atoms with Crippen LogP contribution in [-0.4, -0.2) is 29.8 Å². The molecule has 2 heterocycles. The van der Waals surface area contributed by atoms with Gasteiger partial charge in [0.15, 0.2) is 0 Å². The summed E-state index contributed by atoms with van der Waals surface area (Å²) in [7, 11) is 0. The van der Waals surface area contributed by atoms with E-state index in [1.54, 1.807) is 6.21 Å². The molecule has 1 fully saturated rings. The summed E-state index contributed by atoms with van der Waals surface area (Å²) in [5, 5.41) is 4.04. The van der Waals surface area contributed by atoms with Gasteiger partial charge in [-0.3, -0.25) is 4.79 Å². The Bertz CT molecular complexity index is 681. The number of nitrogens with zero attached hydrogens (tertiary/aromatic N) is 3. The summed E-state index contributed by atoms with van der Waals surface area (Å²) in [5.41, 5.74) is 5.36. The van der Waals surface area contributed by atoms with Gasteiger partial charge in [0.05, 0.1) is 11.9 Å². The molecular weight excluding hydrogens is 288 g/mol. The van der Waals surface area contributed by atoms with Crippen LogP contribution in [0, 0.1) is 0 Å². The van der Waals surface area contributed by atoms with Crippen molar-refractivity contribution in [2.75, 3.05) is 18.0 Å². The van der Waals surface area contributed by atoms with Crippen molar-refractivity contribution in [3.8, 4) is 0 Å². The third-order valence-corrected chi connectivity index (χ3v) is 4.17. The van der Waals surface area contributed by atoms with Crippen LogP contribution < -0.4 is 10.3 Å². The Kier molecular flexibility index (Phi) is 4.76. The molecule has 5 heteroatoms. The van der Waals surface area contributed by atoms with Crippen molar-refractivity contribution in [3.05, 3.63) is 53.9 Å². The molecule has 0 bridgehead atoms. The summed E-state index contributed by atoms with van der Waals surface area (Å²) >= 11 is 0. The number of aromatic nitrogens is 1. The number of nitrogens with one attached hydrogen (secondary N) is 1. The Balaban J connectivity index is 1.59. The molecule has 1 saturated heterocycles. The standard InChI is InChI=1S/C18H22N4O/c1-2-21-13-5-6-17(21)14-19-20-18(23)15-7-9-16(10-8-15)22-11-3-4-12-22/h5-10,13-14H,2-4,11-12H2,1H3,(H,20,23)/b19-14-. The minimum atomic E-state index is -0.191. The van der Waals surface area contributed by atoms with Crippen LogP contribution in [0.5, 0.6) is 0 Å². The highest BCUT2D eigenvalue weighted by molar-refractivity contribution is 5.95. The van der Waals surface area contributed by atoms with E-state index in [0.717, 1.165) is 25.3 Å². The summed E-state index contributed by atoms with van der Waals surface area (Å²) in [5.74, 6) is -0.191. The van der Waals surface area contributed by atoms with E-state index in [9.17, 15) is 4.79 Å². The summed E-state index contributed by atoms with van der Waals surface area (Å²) in [6, 6.07) is 11.6. The normalized spacial score (nSPS) is 14.6. The Morgan fingerprint density at radius 3 is 2.65 bits per heavy atom. The lowest BCUT2D eigenvalue weighted by Gasteiger charge is -2.17. The SMILES string of the molecule is CCn1cccc1/C=N\NC(=O)c1ccc(N2CCCC2)cc1. The second-order valence-corrected chi connectivity index (χ2v) is 5.66. The first kappa shape index (κ1) is 15.3. The van der Waals surface area contributed by atoms with Crippen molar-refractivity contribution in [2.45, 2.75) is 26.3 Å². The summed E-state index contributed by atoms with van der Waals surface area (Å²) < 4.78 is 2.06. The molecule has 120 valence electrons. The van der Waals surface area contributed by atoms with Gasteiger partial charge >= 0.3 is 0 Å². The second kappa shape index (κ2) is 7.13. The van der Waals surface area contributed by atoms with Gasteiger partial charge < -0.3 is 9.47 Å². The number of hydrogen-bond donors (Lipinski definition) is 1. The lowest BCUT2D eigenvalue weighted by Crippen LogP contribution is -2.19. The van der Waals surface area contributed by atoms with Crippen LogP contribution in [0.25, 0.3) is 0 Å². The molecule has 23 heavy (non-hydrogen) atoms. The molecular formula is C18H22N4O. The molecule has 5 nitrogen and oxygen atoms in total. The fourth-order valence-corrected chi connectivity index (χ4v) is 2.85. The first-order valence-corrected chi connectivity index (χ1v) is 8.11. The molecule has 1 aliphatic rings. The van der Waals surface area contributed by atoms with Gasteiger partial charge in [-0.05, 0) is 56.2 Å². The number of hydrogen-bond acceptors (Lipinski definition) is 3. The number of rotatable bonds is 5. The number of anilines is 1. The number of aryl methyl sites for hydroxylation is 1. The van der Waals surface area contributed by atoms with Gasteiger partial charge in [0, 0.05) is 37.1 Å². The molecule has 1 N–H and O–H groups in total. The van der Waals surface area contributed by atoms with E-state index >= 15 is 0 Å². The maximum atomic E-state index is 12.1. The lowest BCUT2D eigenvalue weighted by molar-refractivity contribution is 0.0955. The molecule has 1 amide bonds. The zero-order valence-corrected chi connectivity index (χ0v) is 13.4. The van der Waals surface area contributed by atoms with Crippen molar-refractivity contribution in [2.24, 2.45) is 5.10 Å². The third-order valence-electron chi connectivity index (χ3n) is 4.17. The third kappa shape index (κ3) is 3.62. The molecule has 2 aromatic rings. The molecule has 0 spiro atoms. The number of carbonyl (C=O) groups excluding carboxylic acids is 1. The van der Waals surface area contributed by atoms with Crippen molar-refractivity contribution < 1.29 is 4.79 Å². The number of carbonyl (C=O) groups is 1. The average Bonchev–Trinajstić information content (AvgIpc) is 3.26. The molecule has 0 atom stereocenters. The van der Waals surface area contributed by atoms with Gasteiger partial charge in [-0.15, -0.1) is 0 Å². The highest BCUT2D eigenvalue weighted by atomic mass is 16.2. The Hall–Kier alpha value is -2.56. The van der Waals surface area contributed by atoms with E-state index in [-0.39, 0.29) is 5.91 Å². The average molecular weight is 310 g/mol. The number of benzene rings is 1. The largest absolute Gasteiger partial charge is 0.372 e. The molecule has 0 unspecified atom stereocenters. The van der Waals surface area contributed by atoms with Crippen LogP contribution >= 0.6 is 0 Å². The second-order valence-electron chi connectivity index (χ2n) is 5.66. The predicted octanol–water partition coefficient (Wildman–Crippen LogP) is 2.87. The van der Waals surface area contributed by atoms with E-state index in [2.05, 4.69) is 26.9 Å². The van der Waals surface area contributed by atoms with Crippen LogP contribution in [0.4, 0.5) is 5.69 Å². The maximum Gasteiger partial charge on any atom is 0.271 e. The van der Waals surface area contributed by atoms with Crippen LogP contribution in [-0.2, 0) is 6.54 Å². The summed E-state index contributed by atoms with van der Waals surface area (Å²) in [4.78, 5) is 14.5. The fraction of sp³-hybridized carbons (Fsp3) is 0.333. The molecule has 1 aromatic carbocycles. The number of amides is 1. The van der Waals surface area contributed by atoms with Gasteiger partial charge in [-0.1, -0.05) is 0 Å². The van der Waals surface area contributed by atoms with Crippen molar-refractivity contribution in [1.29, 1.82) is 0 Å². The van der Waals surface area contributed by atoms with Gasteiger partial charge in [0.2, 0.25) is 0 Å². The molecule has 0 aliphatic carbocycles. The summed E-state index contributed by atoms with van der Waals surface area (Å²) in [6.07, 6.45) is 6.15. The Labute approximate surface area is 136 Å². The van der Waals surface area contributed by atoms with Crippen LogP contribution in [0.15, 0.2) is 47.7 Å².